The molecular weight excluding hydrogens is 1020 g/mol. The molecule has 3 atom stereocenters. The molecule has 0 aromatic heterocycles. The van der Waals surface area contributed by atoms with Crippen molar-refractivity contribution in [2.24, 2.45) is 0 Å². The molecule has 0 fully saturated rings. The number of likely N-dealkylation sites (N-methyl/N-ethyl adjacent to an activating group) is 1. The van der Waals surface area contributed by atoms with Crippen molar-refractivity contribution in [1.82, 2.24) is 5.32 Å². The summed E-state index contributed by atoms with van der Waals surface area (Å²) in [5.74, 6) is -0.517. The van der Waals surface area contributed by atoms with Gasteiger partial charge in [-0.3, -0.25) is 14.2 Å². The lowest BCUT2D eigenvalue weighted by atomic mass is 10.0. The van der Waals surface area contributed by atoms with Gasteiger partial charge in [0.1, 0.15) is 19.3 Å². The van der Waals surface area contributed by atoms with Crippen LogP contribution in [0.2, 0.25) is 0 Å². The third kappa shape index (κ3) is 62.8. The maximum absolute atomic E-state index is 13.6. The van der Waals surface area contributed by atoms with Gasteiger partial charge in [-0.05, 0) is 57.4 Å². The molecule has 9 nitrogen and oxygen atoms in total. The topological polar surface area (TPSA) is 114 Å². The first kappa shape index (κ1) is 79.5. The quantitative estimate of drug-likeness (QED) is 0.0212. The monoisotopic (exact) mass is 1160 g/mol. The zero-order chi connectivity index (χ0) is 59.3. The molecule has 0 radical (unpaired) electrons. The van der Waals surface area contributed by atoms with Gasteiger partial charge >= 0.3 is 5.97 Å². The minimum atomic E-state index is -4.70. The number of ether oxygens (including phenoxy) is 1. The standard InChI is InChI=1S/C71H139N2O7P/c1-7-10-13-16-19-22-25-28-30-32-34-35-36-37-39-40-42-45-48-51-54-57-60-63-70(74)72-68(67-79-81(76,77)78-66-65-73(4,5)6)69(62-59-56-53-50-47-44-27-24-21-18-15-12-9-3)80-71(75)64-61-58-55-52-49-46-43-41-38-33-31-29-26-23-20-17-14-11-8-2/h28,30,59,62,68-69H,7-27,29,31-58,60-61,63-67H2,1-6H3,(H-,72,74,76,77)/b30-28+,62-59+. The van der Waals surface area contributed by atoms with Crippen molar-refractivity contribution in [3.8, 4) is 0 Å². The number of nitrogens with one attached hydrogen (secondary N) is 1. The molecule has 0 bridgehead atoms. The Balaban J connectivity index is 5.08. The number of nitrogens with zero attached hydrogens (tertiary/aromatic N) is 1. The number of carbonyl (C=O) groups is 2. The van der Waals surface area contributed by atoms with Crippen molar-refractivity contribution in [3.05, 3.63) is 24.3 Å². The van der Waals surface area contributed by atoms with E-state index in [9.17, 15) is 19.0 Å². The fraction of sp³-hybridized carbons (Fsp3) is 0.915. The molecule has 0 saturated carbocycles. The van der Waals surface area contributed by atoms with E-state index in [-0.39, 0.29) is 31.5 Å². The van der Waals surface area contributed by atoms with Gasteiger partial charge in [0.05, 0.1) is 33.8 Å². The molecule has 10 heteroatoms. The summed E-state index contributed by atoms with van der Waals surface area (Å²) < 4.78 is 30.5. The van der Waals surface area contributed by atoms with Crippen LogP contribution in [0.1, 0.15) is 367 Å². The van der Waals surface area contributed by atoms with Gasteiger partial charge in [0.2, 0.25) is 5.91 Å². The second kappa shape index (κ2) is 61.6. The molecule has 480 valence electrons. The number of esters is 1. The zero-order valence-corrected chi connectivity index (χ0v) is 55.9. The Labute approximate surface area is 504 Å². The molecule has 0 rings (SSSR count). The summed E-state index contributed by atoms with van der Waals surface area (Å²) in [6.45, 7) is 6.91. The van der Waals surface area contributed by atoms with E-state index in [0.29, 0.717) is 17.4 Å². The first-order valence-electron chi connectivity index (χ1n) is 35.6. The Bertz CT molecular complexity index is 1430. The van der Waals surface area contributed by atoms with Crippen molar-refractivity contribution >= 4 is 19.7 Å². The Kier molecular flexibility index (Phi) is 60.4. The van der Waals surface area contributed by atoms with Gasteiger partial charge in [-0.1, -0.05) is 322 Å². The highest BCUT2D eigenvalue weighted by atomic mass is 31.2. The maximum Gasteiger partial charge on any atom is 0.306 e. The maximum atomic E-state index is 13.6. The molecule has 0 aromatic carbocycles. The van der Waals surface area contributed by atoms with E-state index in [2.05, 4.69) is 38.2 Å². The molecule has 0 aliphatic heterocycles. The number of amides is 1. The lowest BCUT2D eigenvalue weighted by Gasteiger charge is -2.30. The van der Waals surface area contributed by atoms with Crippen LogP contribution >= 0.6 is 7.82 Å². The summed E-state index contributed by atoms with van der Waals surface area (Å²) in [5.41, 5.74) is 0. The van der Waals surface area contributed by atoms with Crippen LogP contribution in [0.5, 0.6) is 0 Å². The van der Waals surface area contributed by atoms with Crippen molar-refractivity contribution in [2.45, 2.75) is 380 Å². The van der Waals surface area contributed by atoms with Gasteiger partial charge in [0.15, 0.2) is 0 Å². The Hall–Kier alpha value is -1.51. The van der Waals surface area contributed by atoms with E-state index in [4.69, 9.17) is 13.8 Å². The van der Waals surface area contributed by atoms with Crippen molar-refractivity contribution in [2.75, 3.05) is 40.9 Å². The van der Waals surface area contributed by atoms with Gasteiger partial charge in [0, 0.05) is 12.8 Å². The highest BCUT2D eigenvalue weighted by Crippen LogP contribution is 2.38. The fourth-order valence-corrected chi connectivity index (χ4v) is 11.6. The van der Waals surface area contributed by atoms with Gasteiger partial charge in [-0.25, -0.2) is 0 Å². The molecule has 0 heterocycles. The van der Waals surface area contributed by atoms with Gasteiger partial charge < -0.3 is 28.5 Å². The summed E-state index contributed by atoms with van der Waals surface area (Å²) in [6.07, 6.45) is 74.4. The van der Waals surface area contributed by atoms with Crippen LogP contribution in [0.4, 0.5) is 0 Å². The van der Waals surface area contributed by atoms with E-state index < -0.39 is 20.0 Å². The molecule has 0 aliphatic rings. The second-order valence-electron chi connectivity index (χ2n) is 25.7. The first-order chi connectivity index (χ1) is 39.4. The zero-order valence-electron chi connectivity index (χ0n) is 55.0. The fourth-order valence-electron chi connectivity index (χ4n) is 10.9. The molecule has 0 aromatic rings. The molecular formula is C71H139N2O7P. The lowest BCUT2D eigenvalue weighted by molar-refractivity contribution is -0.870. The third-order valence-electron chi connectivity index (χ3n) is 16.4. The summed E-state index contributed by atoms with van der Waals surface area (Å²) in [7, 11) is 1.21. The molecule has 0 spiro atoms. The number of hydrogen-bond donors (Lipinski definition) is 1. The summed E-state index contributed by atoms with van der Waals surface area (Å²) >= 11 is 0. The normalized spacial score (nSPS) is 13.6. The van der Waals surface area contributed by atoms with E-state index in [1.165, 1.54) is 276 Å². The largest absolute Gasteiger partial charge is 0.756 e. The number of allylic oxidation sites excluding steroid dienone is 3. The highest BCUT2D eigenvalue weighted by molar-refractivity contribution is 7.45. The molecule has 3 unspecified atom stereocenters. The number of phosphoric ester groups is 1. The van der Waals surface area contributed by atoms with Crippen molar-refractivity contribution < 1.29 is 37.3 Å². The summed E-state index contributed by atoms with van der Waals surface area (Å²) in [4.78, 5) is 40.2. The van der Waals surface area contributed by atoms with Gasteiger partial charge in [-0.2, -0.15) is 0 Å². The minimum Gasteiger partial charge on any atom is -0.756 e. The van der Waals surface area contributed by atoms with E-state index in [1.807, 2.05) is 33.3 Å². The molecule has 0 saturated heterocycles. The smallest absolute Gasteiger partial charge is 0.306 e. The van der Waals surface area contributed by atoms with Crippen molar-refractivity contribution in [3.63, 3.8) is 0 Å². The Morgan fingerprint density at radius 2 is 0.716 bits per heavy atom. The van der Waals surface area contributed by atoms with Gasteiger partial charge in [0.25, 0.3) is 7.82 Å². The van der Waals surface area contributed by atoms with E-state index in [1.54, 1.807) is 0 Å². The van der Waals surface area contributed by atoms with Gasteiger partial charge in [-0.15, -0.1) is 0 Å². The number of hydrogen-bond acceptors (Lipinski definition) is 7. The summed E-state index contributed by atoms with van der Waals surface area (Å²) in [6, 6.07) is -0.883. The number of phosphoric acid groups is 1. The number of unbranched alkanes of at least 4 members (excludes halogenated alkanes) is 48. The van der Waals surface area contributed by atoms with Crippen LogP contribution in [0.3, 0.4) is 0 Å². The average Bonchev–Trinajstić information content (AvgIpc) is 3.44. The Morgan fingerprint density at radius 1 is 0.420 bits per heavy atom. The van der Waals surface area contributed by atoms with Crippen LogP contribution in [-0.4, -0.2) is 69.4 Å². The van der Waals surface area contributed by atoms with Crippen LogP contribution in [0, 0.1) is 0 Å². The second-order valence-corrected chi connectivity index (χ2v) is 27.2. The SMILES string of the molecule is CCCCCCCC/C=C/CCCCCCCCCCCCCCCC(=O)NC(COP(=O)([O-])OCC[N+](C)(C)C)C(/C=C/CCCCCCCCCCCCC)OC(=O)CCCCCCCCCCCCCCCCCCCCC. The van der Waals surface area contributed by atoms with Crippen LogP contribution in [0.25, 0.3) is 0 Å². The van der Waals surface area contributed by atoms with Crippen LogP contribution in [0.15, 0.2) is 24.3 Å². The Morgan fingerprint density at radius 3 is 1.05 bits per heavy atom. The van der Waals surface area contributed by atoms with Crippen LogP contribution < -0.4 is 10.2 Å². The third-order valence-corrected chi connectivity index (χ3v) is 17.3. The number of quaternary nitrogens is 1. The van der Waals surface area contributed by atoms with Crippen LogP contribution in [-0.2, 0) is 27.9 Å². The molecule has 0 aliphatic carbocycles. The van der Waals surface area contributed by atoms with E-state index >= 15 is 0 Å². The van der Waals surface area contributed by atoms with Crippen molar-refractivity contribution in [1.29, 1.82) is 0 Å². The predicted molar refractivity (Wildman–Crippen MR) is 349 cm³/mol. The predicted octanol–water partition coefficient (Wildman–Crippen LogP) is 21.8. The highest BCUT2D eigenvalue weighted by Gasteiger charge is 2.27. The number of carbonyl (C=O) groups excluding carboxylic acids is 2. The average molecular weight is 1160 g/mol. The number of rotatable bonds is 66. The molecule has 81 heavy (non-hydrogen) atoms. The lowest BCUT2D eigenvalue weighted by Crippen LogP contribution is -2.47. The molecule has 1 N–H and O–H groups in total. The molecule has 1 amide bonds. The summed E-state index contributed by atoms with van der Waals surface area (Å²) in [5, 5.41) is 3.05. The minimum absolute atomic E-state index is 0.0180. The first-order valence-corrected chi connectivity index (χ1v) is 37.1. The van der Waals surface area contributed by atoms with E-state index in [0.717, 1.165) is 57.8 Å².